The van der Waals surface area contributed by atoms with Crippen LogP contribution in [0.1, 0.15) is 23.9 Å². The van der Waals surface area contributed by atoms with Gasteiger partial charge in [-0.1, -0.05) is 6.07 Å². The summed E-state index contributed by atoms with van der Waals surface area (Å²) in [5, 5.41) is 10.9. The number of nitrogens with two attached hydrogens (primary N) is 2. The van der Waals surface area contributed by atoms with E-state index in [1.54, 1.807) is 7.11 Å². The van der Waals surface area contributed by atoms with Crippen LogP contribution in [0.15, 0.2) is 58.6 Å². The molecule has 6 N–H and O–H groups in total. The minimum Gasteiger partial charge on any atom is -0.496 e. The van der Waals surface area contributed by atoms with Gasteiger partial charge in [0.05, 0.1) is 25.4 Å². The average molecular weight is 396 g/mol. The number of aliphatic imine (C=N–C) groups is 1. The van der Waals surface area contributed by atoms with Crippen LogP contribution in [-0.4, -0.2) is 55.2 Å². The van der Waals surface area contributed by atoms with E-state index < -0.39 is 0 Å². The van der Waals surface area contributed by atoms with E-state index in [0.717, 1.165) is 48.7 Å². The van der Waals surface area contributed by atoms with Crippen molar-refractivity contribution in [2.75, 3.05) is 33.3 Å². The molecule has 1 unspecified atom stereocenters. The zero-order chi connectivity index (χ0) is 20.6. The van der Waals surface area contributed by atoms with Gasteiger partial charge in [-0.15, -0.1) is 0 Å². The van der Waals surface area contributed by atoms with Gasteiger partial charge in [0.2, 0.25) is 0 Å². The van der Waals surface area contributed by atoms with Crippen molar-refractivity contribution < 1.29 is 4.74 Å². The normalized spacial score (nSPS) is 18.7. The molecule has 0 spiro atoms. The number of amidine groups is 1. The third kappa shape index (κ3) is 4.72. The number of allylic oxidation sites excluding steroid dienone is 1. The average Bonchev–Trinajstić information content (AvgIpc) is 3.17. The summed E-state index contributed by atoms with van der Waals surface area (Å²) in [6, 6.07) is 6.17. The molecule has 8 nitrogen and oxygen atoms in total. The Hall–Kier alpha value is -2.97. The molecular weight excluding hydrogens is 366 g/mol. The molecule has 0 saturated carbocycles. The molecule has 2 aliphatic heterocycles. The highest BCUT2D eigenvalue weighted by Crippen LogP contribution is 2.33. The number of ether oxygens (including phenoxy) is 1. The summed E-state index contributed by atoms with van der Waals surface area (Å²) in [6.45, 7) is 3.04. The number of hydrogen-bond acceptors (Lipinski definition) is 8. The van der Waals surface area contributed by atoms with E-state index in [4.69, 9.17) is 26.6 Å². The van der Waals surface area contributed by atoms with Crippen molar-refractivity contribution in [3.05, 3.63) is 65.0 Å². The van der Waals surface area contributed by atoms with E-state index in [2.05, 4.69) is 27.3 Å². The summed E-state index contributed by atoms with van der Waals surface area (Å²) < 4.78 is 5.49. The molecule has 1 aromatic rings. The molecule has 0 amide bonds. The highest BCUT2D eigenvalue weighted by molar-refractivity contribution is 5.99. The predicted molar refractivity (Wildman–Crippen MR) is 116 cm³/mol. The first-order valence-corrected chi connectivity index (χ1v) is 9.81. The summed E-state index contributed by atoms with van der Waals surface area (Å²) in [5.41, 5.74) is 14.6. The zero-order valence-electron chi connectivity index (χ0n) is 16.8. The molecule has 0 radical (unpaired) electrons. The van der Waals surface area contributed by atoms with E-state index in [9.17, 15) is 0 Å². The lowest BCUT2D eigenvalue weighted by Gasteiger charge is -2.28. The number of fused-ring (bicyclic) bond motifs is 1. The Morgan fingerprint density at radius 3 is 3.00 bits per heavy atom. The van der Waals surface area contributed by atoms with Crippen LogP contribution < -0.4 is 16.8 Å². The third-order valence-corrected chi connectivity index (χ3v) is 4.96. The van der Waals surface area contributed by atoms with Crippen LogP contribution in [0.4, 0.5) is 0 Å². The van der Waals surface area contributed by atoms with Crippen molar-refractivity contribution in [1.29, 1.82) is 5.41 Å². The molecule has 0 aromatic carbocycles. The van der Waals surface area contributed by atoms with Crippen molar-refractivity contribution in [3.8, 4) is 0 Å². The highest BCUT2D eigenvalue weighted by atomic mass is 16.5. The van der Waals surface area contributed by atoms with Crippen LogP contribution in [0, 0.1) is 5.41 Å². The maximum absolute atomic E-state index is 7.63. The van der Waals surface area contributed by atoms with Gasteiger partial charge in [-0.25, -0.2) is 0 Å². The molecule has 1 aromatic heterocycles. The Morgan fingerprint density at radius 2 is 2.28 bits per heavy atom. The van der Waals surface area contributed by atoms with Crippen LogP contribution in [0.3, 0.4) is 0 Å². The second kappa shape index (κ2) is 9.99. The quantitative estimate of drug-likeness (QED) is 0.349. The summed E-state index contributed by atoms with van der Waals surface area (Å²) in [5.74, 6) is 1.47. The fraction of sp³-hybridized carbons (Fsp3) is 0.381. The van der Waals surface area contributed by atoms with Crippen LogP contribution in [0.5, 0.6) is 0 Å². The first kappa shape index (κ1) is 20.8. The molecule has 0 saturated heterocycles. The molecule has 2 aliphatic rings. The van der Waals surface area contributed by atoms with Gasteiger partial charge in [0, 0.05) is 54.6 Å². The molecule has 3 rings (SSSR count). The lowest BCUT2D eigenvalue weighted by molar-refractivity contribution is 0.297. The smallest absolute Gasteiger partial charge is 0.132 e. The SMILES string of the molecule is COC1=CC2=NCC(c3cccc(CCCNCCN)n3)N2C=C1/C(C=N)=C/N. The Labute approximate surface area is 171 Å². The minimum atomic E-state index is 0.00901. The van der Waals surface area contributed by atoms with Crippen molar-refractivity contribution >= 4 is 12.1 Å². The number of pyridine rings is 1. The van der Waals surface area contributed by atoms with Gasteiger partial charge in [0.1, 0.15) is 11.6 Å². The molecular formula is C21H29N7O. The maximum atomic E-state index is 7.63. The number of aryl methyl sites for hydroxylation is 1. The zero-order valence-corrected chi connectivity index (χ0v) is 16.8. The predicted octanol–water partition coefficient (Wildman–Crippen LogP) is 1.24. The van der Waals surface area contributed by atoms with E-state index in [1.165, 1.54) is 12.4 Å². The fourth-order valence-corrected chi connectivity index (χ4v) is 3.47. The van der Waals surface area contributed by atoms with E-state index >= 15 is 0 Å². The lowest BCUT2D eigenvalue weighted by atomic mass is 10.0. The molecule has 0 aliphatic carbocycles. The first-order chi connectivity index (χ1) is 14.2. The molecule has 154 valence electrons. The largest absolute Gasteiger partial charge is 0.496 e. The maximum Gasteiger partial charge on any atom is 0.132 e. The number of aromatic nitrogens is 1. The van der Waals surface area contributed by atoms with Gasteiger partial charge < -0.3 is 31.8 Å². The lowest BCUT2D eigenvalue weighted by Crippen LogP contribution is -2.29. The third-order valence-electron chi connectivity index (χ3n) is 4.96. The van der Waals surface area contributed by atoms with Gasteiger partial charge in [0.15, 0.2) is 0 Å². The molecule has 8 heteroatoms. The Morgan fingerprint density at radius 1 is 1.41 bits per heavy atom. The van der Waals surface area contributed by atoms with Gasteiger partial charge in [0.25, 0.3) is 0 Å². The van der Waals surface area contributed by atoms with E-state index in [-0.39, 0.29) is 6.04 Å². The van der Waals surface area contributed by atoms with Crippen LogP contribution in [0.25, 0.3) is 0 Å². The number of nitrogens with one attached hydrogen (secondary N) is 2. The van der Waals surface area contributed by atoms with E-state index in [0.29, 0.717) is 24.4 Å². The molecule has 3 heterocycles. The van der Waals surface area contributed by atoms with Gasteiger partial charge in [-0.05, 0) is 31.5 Å². The van der Waals surface area contributed by atoms with Crippen LogP contribution >= 0.6 is 0 Å². The molecule has 29 heavy (non-hydrogen) atoms. The van der Waals surface area contributed by atoms with Crippen molar-refractivity contribution in [1.82, 2.24) is 15.2 Å². The summed E-state index contributed by atoms with van der Waals surface area (Å²) >= 11 is 0. The van der Waals surface area contributed by atoms with Crippen molar-refractivity contribution in [3.63, 3.8) is 0 Å². The summed E-state index contributed by atoms with van der Waals surface area (Å²) in [4.78, 5) is 11.6. The Kier molecular flexibility index (Phi) is 7.15. The standard InChI is InChI=1S/C21H29N7O/c1-29-20-10-21-26-13-19(28(21)14-17(20)15(11-23)12-24)18-6-2-4-16(27-18)5-3-8-25-9-7-22/h2,4,6,10-12,14,19,23,25H,3,5,7-9,13,22,24H2,1H3/b15-12+,23-11?. The Bertz CT molecular complexity index is 856. The topological polar surface area (TPSA) is 126 Å². The molecule has 0 bridgehead atoms. The molecule has 1 atom stereocenters. The summed E-state index contributed by atoms with van der Waals surface area (Å²) in [6.07, 6.45) is 8.40. The number of nitrogens with zero attached hydrogens (tertiary/aromatic N) is 3. The Balaban J connectivity index is 1.77. The fourth-order valence-electron chi connectivity index (χ4n) is 3.47. The van der Waals surface area contributed by atoms with Gasteiger partial charge in [-0.2, -0.15) is 0 Å². The summed E-state index contributed by atoms with van der Waals surface area (Å²) in [7, 11) is 1.60. The second-order valence-corrected chi connectivity index (χ2v) is 6.84. The highest BCUT2D eigenvalue weighted by Gasteiger charge is 2.32. The number of methoxy groups -OCH3 is 1. The van der Waals surface area contributed by atoms with Crippen molar-refractivity contribution in [2.24, 2.45) is 16.5 Å². The number of rotatable bonds is 10. The second-order valence-electron chi connectivity index (χ2n) is 6.84. The number of hydrogen-bond donors (Lipinski definition) is 4. The monoisotopic (exact) mass is 395 g/mol. The molecule has 0 fully saturated rings. The van der Waals surface area contributed by atoms with Crippen molar-refractivity contribution in [2.45, 2.75) is 18.9 Å². The van der Waals surface area contributed by atoms with Gasteiger partial charge in [-0.3, -0.25) is 9.98 Å². The minimum absolute atomic E-state index is 0.00901. The van der Waals surface area contributed by atoms with Crippen LogP contribution in [0.2, 0.25) is 0 Å². The van der Waals surface area contributed by atoms with E-state index in [1.807, 2.05) is 18.3 Å². The van der Waals surface area contributed by atoms with Gasteiger partial charge >= 0.3 is 0 Å². The first-order valence-electron chi connectivity index (χ1n) is 9.81. The van der Waals surface area contributed by atoms with Crippen LogP contribution in [-0.2, 0) is 11.2 Å².